The zero-order valence-corrected chi connectivity index (χ0v) is 18.1. The van der Waals surface area contributed by atoms with E-state index in [1.54, 1.807) is 31.4 Å². The van der Waals surface area contributed by atoms with Crippen molar-refractivity contribution in [1.29, 1.82) is 0 Å². The zero-order valence-electron chi connectivity index (χ0n) is 18.1. The molecule has 0 spiro atoms. The number of benzene rings is 2. The summed E-state index contributed by atoms with van der Waals surface area (Å²) in [7, 11) is 1.60. The number of para-hydroxylation sites is 1. The monoisotopic (exact) mass is 445 g/mol. The van der Waals surface area contributed by atoms with Crippen LogP contribution in [0.3, 0.4) is 0 Å². The summed E-state index contributed by atoms with van der Waals surface area (Å²) in [6.07, 6.45) is 1.57. The highest BCUT2D eigenvalue weighted by molar-refractivity contribution is 5.77. The summed E-state index contributed by atoms with van der Waals surface area (Å²) in [5, 5.41) is 7.67. The molecule has 4 aromatic rings. The lowest BCUT2D eigenvalue weighted by Crippen LogP contribution is -2.33. The van der Waals surface area contributed by atoms with Crippen molar-refractivity contribution < 1.29 is 9.53 Å². The fourth-order valence-electron chi connectivity index (χ4n) is 3.40. The van der Waals surface area contributed by atoms with Gasteiger partial charge in [0.15, 0.2) is 0 Å². The summed E-state index contributed by atoms with van der Waals surface area (Å²) in [5.74, 6) is 0.505. The Morgan fingerprint density at radius 3 is 2.58 bits per heavy atom. The van der Waals surface area contributed by atoms with Crippen LogP contribution in [0.1, 0.15) is 6.42 Å². The van der Waals surface area contributed by atoms with E-state index in [9.17, 15) is 14.4 Å². The molecule has 2 aromatic carbocycles. The minimum Gasteiger partial charge on any atom is -0.497 e. The van der Waals surface area contributed by atoms with Gasteiger partial charge in [-0.2, -0.15) is 5.10 Å². The standard InChI is InChI=1S/C24H23N5O4/c1-33-18-8-6-17(7-9-18)20-10-11-23(31)29(27-20)15-13-25-22(30)12-14-28-16-26-21-5-3-2-4-19(21)24(28)32/h2-11,16H,12-15H2,1H3,(H,25,30). The Kier molecular flexibility index (Phi) is 6.58. The highest BCUT2D eigenvalue weighted by Gasteiger charge is 2.08. The molecule has 1 amide bonds. The minimum absolute atomic E-state index is 0.119. The number of fused-ring (bicyclic) bond motifs is 1. The number of ether oxygens (including phenoxy) is 1. The molecule has 0 unspecified atom stereocenters. The molecular formula is C24H23N5O4. The molecule has 168 valence electrons. The van der Waals surface area contributed by atoms with Crippen LogP contribution in [0.25, 0.3) is 22.2 Å². The van der Waals surface area contributed by atoms with Crippen molar-refractivity contribution in [2.75, 3.05) is 13.7 Å². The van der Waals surface area contributed by atoms with Crippen molar-refractivity contribution in [3.8, 4) is 17.0 Å². The van der Waals surface area contributed by atoms with E-state index in [4.69, 9.17) is 4.74 Å². The van der Waals surface area contributed by atoms with Crippen LogP contribution >= 0.6 is 0 Å². The van der Waals surface area contributed by atoms with E-state index in [-0.39, 0.29) is 43.1 Å². The van der Waals surface area contributed by atoms with Crippen molar-refractivity contribution in [3.63, 3.8) is 0 Å². The third-order valence-corrected chi connectivity index (χ3v) is 5.21. The van der Waals surface area contributed by atoms with Gasteiger partial charge in [0.1, 0.15) is 5.75 Å². The smallest absolute Gasteiger partial charge is 0.266 e. The second kappa shape index (κ2) is 9.90. The largest absolute Gasteiger partial charge is 0.497 e. The normalized spacial score (nSPS) is 10.8. The molecule has 0 bridgehead atoms. The van der Waals surface area contributed by atoms with E-state index in [0.29, 0.717) is 16.6 Å². The molecule has 0 atom stereocenters. The predicted octanol–water partition coefficient (Wildman–Crippen LogP) is 1.84. The van der Waals surface area contributed by atoms with Gasteiger partial charge in [-0.3, -0.25) is 19.0 Å². The van der Waals surface area contributed by atoms with Gasteiger partial charge in [-0.25, -0.2) is 9.67 Å². The van der Waals surface area contributed by atoms with E-state index in [2.05, 4.69) is 15.4 Å². The highest BCUT2D eigenvalue weighted by atomic mass is 16.5. The molecule has 33 heavy (non-hydrogen) atoms. The summed E-state index contributed by atoms with van der Waals surface area (Å²) in [6, 6.07) is 17.6. The average molecular weight is 445 g/mol. The first-order valence-electron chi connectivity index (χ1n) is 10.5. The summed E-state index contributed by atoms with van der Waals surface area (Å²) < 4.78 is 7.90. The fraction of sp³-hybridized carbons (Fsp3) is 0.208. The lowest BCUT2D eigenvalue weighted by Gasteiger charge is -2.10. The number of nitrogens with zero attached hydrogens (tertiary/aromatic N) is 4. The molecule has 0 radical (unpaired) electrons. The van der Waals surface area contributed by atoms with Gasteiger partial charge in [0.2, 0.25) is 5.91 Å². The summed E-state index contributed by atoms with van der Waals surface area (Å²) in [6.45, 7) is 0.683. The second-order valence-electron chi connectivity index (χ2n) is 7.37. The molecule has 0 aliphatic heterocycles. The van der Waals surface area contributed by atoms with E-state index in [0.717, 1.165) is 11.3 Å². The van der Waals surface area contributed by atoms with Crippen LogP contribution in [0, 0.1) is 0 Å². The van der Waals surface area contributed by atoms with Crippen LogP contribution in [0.4, 0.5) is 0 Å². The molecule has 4 rings (SSSR count). The van der Waals surface area contributed by atoms with Crippen LogP contribution in [0.5, 0.6) is 5.75 Å². The lowest BCUT2D eigenvalue weighted by molar-refractivity contribution is -0.121. The van der Waals surface area contributed by atoms with Gasteiger partial charge in [-0.1, -0.05) is 12.1 Å². The third kappa shape index (κ3) is 5.15. The number of carbonyl (C=O) groups is 1. The van der Waals surface area contributed by atoms with Gasteiger partial charge in [-0.15, -0.1) is 0 Å². The summed E-state index contributed by atoms with van der Waals surface area (Å²) in [5.41, 5.74) is 1.68. The number of nitrogens with one attached hydrogen (secondary N) is 1. The van der Waals surface area contributed by atoms with E-state index in [1.807, 2.05) is 30.3 Å². The van der Waals surface area contributed by atoms with Crippen molar-refractivity contribution in [1.82, 2.24) is 24.6 Å². The van der Waals surface area contributed by atoms with Crippen LogP contribution in [-0.2, 0) is 17.9 Å². The average Bonchev–Trinajstić information content (AvgIpc) is 2.85. The van der Waals surface area contributed by atoms with Crippen LogP contribution in [0.15, 0.2) is 76.6 Å². The number of aromatic nitrogens is 4. The van der Waals surface area contributed by atoms with Crippen molar-refractivity contribution >= 4 is 16.8 Å². The molecule has 0 saturated heterocycles. The fourth-order valence-corrected chi connectivity index (χ4v) is 3.40. The lowest BCUT2D eigenvalue weighted by atomic mass is 10.1. The van der Waals surface area contributed by atoms with Gasteiger partial charge < -0.3 is 10.1 Å². The Labute approximate surface area is 189 Å². The molecule has 0 fully saturated rings. The Morgan fingerprint density at radius 1 is 1.00 bits per heavy atom. The number of rotatable bonds is 8. The first-order valence-corrected chi connectivity index (χ1v) is 10.5. The summed E-state index contributed by atoms with van der Waals surface area (Å²) in [4.78, 5) is 41.2. The highest BCUT2D eigenvalue weighted by Crippen LogP contribution is 2.19. The Morgan fingerprint density at radius 2 is 1.79 bits per heavy atom. The molecule has 1 N–H and O–H groups in total. The number of aryl methyl sites for hydroxylation is 1. The number of methoxy groups -OCH3 is 1. The molecule has 9 nitrogen and oxygen atoms in total. The third-order valence-electron chi connectivity index (χ3n) is 5.21. The predicted molar refractivity (Wildman–Crippen MR) is 124 cm³/mol. The number of hydrogen-bond acceptors (Lipinski definition) is 6. The molecule has 2 heterocycles. The van der Waals surface area contributed by atoms with Crippen LogP contribution in [0.2, 0.25) is 0 Å². The quantitative estimate of drug-likeness (QED) is 0.443. The molecule has 0 aliphatic carbocycles. The van der Waals surface area contributed by atoms with Gasteiger partial charge >= 0.3 is 0 Å². The van der Waals surface area contributed by atoms with Crippen molar-refractivity contribution in [2.24, 2.45) is 0 Å². The molecular weight excluding hydrogens is 422 g/mol. The molecule has 0 saturated carbocycles. The van der Waals surface area contributed by atoms with Crippen molar-refractivity contribution in [2.45, 2.75) is 19.5 Å². The zero-order chi connectivity index (χ0) is 23.2. The number of carbonyl (C=O) groups excluding carboxylic acids is 1. The first-order chi connectivity index (χ1) is 16.0. The molecule has 2 aromatic heterocycles. The van der Waals surface area contributed by atoms with Gasteiger partial charge in [-0.05, 0) is 42.5 Å². The van der Waals surface area contributed by atoms with E-state index < -0.39 is 0 Å². The number of hydrogen-bond donors (Lipinski definition) is 1. The Balaban J connectivity index is 1.33. The second-order valence-corrected chi connectivity index (χ2v) is 7.37. The number of amides is 1. The first kappa shape index (κ1) is 21.9. The molecule has 0 aliphatic rings. The Hall–Kier alpha value is -4.27. The van der Waals surface area contributed by atoms with Gasteiger partial charge in [0.25, 0.3) is 11.1 Å². The van der Waals surface area contributed by atoms with Gasteiger partial charge in [0, 0.05) is 31.1 Å². The topological polar surface area (TPSA) is 108 Å². The molecule has 9 heteroatoms. The SMILES string of the molecule is COc1ccc(-c2ccc(=O)n(CCNC(=O)CCn3cnc4ccccc4c3=O)n2)cc1. The van der Waals surface area contributed by atoms with E-state index in [1.165, 1.54) is 21.6 Å². The van der Waals surface area contributed by atoms with Gasteiger partial charge in [0.05, 0.1) is 36.6 Å². The minimum atomic E-state index is -0.254. The maximum atomic E-state index is 12.5. The van der Waals surface area contributed by atoms with Crippen LogP contribution < -0.4 is 21.2 Å². The summed E-state index contributed by atoms with van der Waals surface area (Å²) >= 11 is 0. The Bertz CT molecular complexity index is 1390. The van der Waals surface area contributed by atoms with E-state index >= 15 is 0 Å². The maximum absolute atomic E-state index is 12.5. The van der Waals surface area contributed by atoms with Crippen LogP contribution in [-0.4, -0.2) is 38.9 Å². The maximum Gasteiger partial charge on any atom is 0.266 e. The van der Waals surface area contributed by atoms with Crippen molar-refractivity contribution in [3.05, 3.63) is 87.7 Å².